The van der Waals surface area contributed by atoms with Crippen LogP contribution in [-0.2, 0) is 7.05 Å². The Labute approximate surface area is 188 Å². The molecule has 2 aromatic carbocycles. The van der Waals surface area contributed by atoms with Crippen LogP contribution in [0.2, 0.25) is 0 Å². The van der Waals surface area contributed by atoms with Gasteiger partial charge in [-0.05, 0) is 48.2 Å². The van der Waals surface area contributed by atoms with Crippen LogP contribution in [0.4, 0.5) is 0 Å². The van der Waals surface area contributed by atoms with Crippen molar-refractivity contribution in [2.45, 2.75) is 24.8 Å². The molecule has 2 fully saturated rings. The first-order valence-corrected chi connectivity index (χ1v) is 11.2. The minimum absolute atomic E-state index is 0.0611. The number of nitrogens with one attached hydrogen (secondary N) is 2. The number of hydrogen-bond donors (Lipinski definition) is 2. The van der Waals surface area contributed by atoms with Gasteiger partial charge in [0.15, 0.2) is 0 Å². The molecule has 166 valence electrons. The van der Waals surface area contributed by atoms with Crippen molar-refractivity contribution in [3.8, 4) is 17.0 Å². The number of rotatable bonds is 5. The van der Waals surface area contributed by atoms with E-state index < -0.39 is 0 Å². The minimum atomic E-state index is 0.0611. The molecule has 7 nitrogen and oxygen atoms in total. The summed E-state index contributed by atoms with van der Waals surface area (Å²) in [5.74, 6) is 1.18. The molecule has 5 rings (SSSR count). The van der Waals surface area contributed by atoms with Crippen LogP contribution in [0, 0.1) is 0 Å². The average Bonchev–Trinajstić information content (AvgIpc) is 3.60. The van der Waals surface area contributed by atoms with Crippen LogP contribution in [0.25, 0.3) is 11.3 Å². The minimum Gasteiger partial charge on any atom is -0.496 e. The standard InChI is InChI=1S/C25H29N5O2/c1-29-22(10-11-28-29)17-5-3-6-18(13-17)23-7-4-12-30(23)25(31)19-8-9-21(24(14-19)32-2)20-15-26-27-16-20/h3,5-6,8-11,13-14,20,23,26-27H,4,7,12,15-16H2,1-2H3. The van der Waals surface area contributed by atoms with E-state index in [9.17, 15) is 4.79 Å². The van der Waals surface area contributed by atoms with Crippen molar-refractivity contribution >= 4 is 5.91 Å². The molecule has 1 atom stereocenters. The van der Waals surface area contributed by atoms with Crippen LogP contribution in [-0.4, -0.2) is 47.3 Å². The molecule has 2 saturated heterocycles. The number of aromatic nitrogens is 2. The van der Waals surface area contributed by atoms with Crippen molar-refractivity contribution in [3.63, 3.8) is 0 Å². The first-order valence-electron chi connectivity index (χ1n) is 11.2. The van der Waals surface area contributed by atoms with Gasteiger partial charge in [0.25, 0.3) is 5.91 Å². The van der Waals surface area contributed by atoms with Crippen molar-refractivity contribution in [2.24, 2.45) is 7.05 Å². The number of hydrogen-bond acceptors (Lipinski definition) is 5. The van der Waals surface area contributed by atoms with Gasteiger partial charge >= 0.3 is 0 Å². The van der Waals surface area contributed by atoms with Crippen molar-refractivity contribution in [1.29, 1.82) is 0 Å². The number of aryl methyl sites for hydroxylation is 1. The molecule has 0 aliphatic carbocycles. The highest BCUT2D eigenvalue weighted by Gasteiger charge is 2.31. The highest BCUT2D eigenvalue weighted by Crippen LogP contribution is 2.36. The first kappa shape index (κ1) is 20.7. The predicted molar refractivity (Wildman–Crippen MR) is 123 cm³/mol. The molecular weight excluding hydrogens is 402 g/mol. The van der Waals surface area contributed by atoms with Crippen molar-refractivity contribution < 1.29 is 9.53 Å². The Balaban J connectivity index is 1.41. The van der Waals surface area contributed by atoms with E-state index in [-0.39, 0.29) is 11.9 Å². The van der Waals surface area contributed by atoms with Crippen molar-refractivity contribution in [1.82, 2.24) is 25.5 Å². The lowest BCUT2D eigenvalue weighted by Crippen LogP contribution is -2.30. The third kappa shape index (κ3) is 3.78. The lowest BCUT2D eigenvalue weighted by molar-refractivity contribution is 0.0735. The van der Waals surface area contributed by atoms with E-state index >= 15 is 0 Å². The van der Waals surface area contributed by atoms with E-state index in [0.29, 0.717) is 11.5 Å². The summed E-state index contributed by atoms with van der Waals surface area (Å²) in [6, 6.07) is 16.5. The highest BCUT2D eigenvalue weighted by atomic mass is 16.5. The van der Waals surface area contributed by atoms with Gasteiger partial charge < -0.3 is 9.64 Å². The lowest BCUT2D eigenvalue weighted by Gasteiger charge is -2.26. The average molecular weight is 432 g/mol. The second-order valence-corrected chi connectivity index (χ2v) is 8.54. The molecule has 3 aromatic rings. The molecule has 3 heterocycles. The van der Waals surface area contributed by atoms with Crippen LogP contribution in [0.5, 0.6) is 5.75 Å². The topological polar surface area (TPSA) is 71.4 Å². The fourth-order valence-electron chi connectivity index (χ4n) is 4.95. The third-order valence-corrected chi connectivity index (χ3v) is 6.64. The van der Waals surface area contributed by atoms with E-state index in [1.54, 1.807) is 7.11 Å². The molecule has 1 unspecified atom stereocenters. The quantitative estimate of drug-likeness (QED) is 0.649. The monoisotopic (exact) mass is 431 g/mol. The van der Waals surface area contributed by atoms with Crippen molar-refractivity contribution in [3.05, 3.63) is 71.4 Å². The maximum atomic E-state index is 13.5. The van der Waals surface area contributed by atoms with Gasteiger partial charge in [-0.1, -0.05) is 24.3 Å². The van der Waals surface area contributed by atoms with Gasteiger partial charge in [0.1, 0.15) is 5.75 Å². The molecule has 0 radical (unpaired) electrons. The van der Waals surface area contributed by atoms with E-state index in [0.717, 1.165) is 55.0 Å². The predicted octanol–water partition coefficient (Wildman–Crippen LogP) is 3.26. The Kier molecular flexibility index (Phi) is 5.68. The molecule has 7 heteroatoms. The SMILES string of the molecule is COc1cc(C(=O)N2CCCC2c2cccc(-c3ccnn3C)c2)ccc1C1CNNC1. The zero-order valence-electron chi connectivity index (χ0n) is 18.5. The summed E-state index contributed by atoms with van der Waals surface area (Å²) in [5, 5.41) is 4.29. The summed E-state index contributed by atoms with van der Waals surface area (Å²) in [7, 11) is 3.62. The van der Waals surface area contributed by atoms with Gasteiger partial charge in [-0.25, -0.2) is 0 Å². The van der Waals surface area contributed by atoms with E-state index in [1.165, 1.54) is 5.56 Å². The van der Waals surface area contributed by atoms with E-state index in [4.69, 9.17) is 4.74 Å². The summed E-state index contributed by atoms with van der Waals surface area (Å²) in [5.41, 5.74) is 11.5. The third-order valence-electron chi connectivity index (χ3n) is 6.64. The largest absolute Gasteiger partial charge is 0.496 e. The van der Waals surface area contributed by atoms with Crippen LogP contribution >= 0.6 is 0 Å². The Hall–Kier alpha value is -3.16. The molecule has 2 N–H and O–H groups in total. The highest BCUT2D eigenvalue weighted by molar-refractivity contribution is 5.95. The van der Waals surface area contributed by atoms with Crippen LogP contribution < -0.4 is 15.6 Å². The summed E-state index contributed by atoms with van der Waals surface area (Å²) in [4.78, 5) is 15.5. The normalized spacial score (nSPS) is 18.9. The van der Waals surface area contributed by atoms with E-state index in [1.807, 2.05) is 47.1 Å². The second kappa shape index (κ2) is 8.76. The van der Waals surface area contributed by atoms with Gasteiger partial charge in [-0.3, -0.25) is 20.3 Å². The Bertz CT molecular complexity index is 1120. The Morgan fingerprint density at radius 3 is 2.72 bits per heavy atom. The molecule has 2 aliphatic heterocycles. The van der Waals surface area contributed by atoms with Crippen molar-refractivity contribution in [2.75, 3.05) is 26.7 Å². The maximum Gasteiger partial charge on any atom is 0.254 e. The van der Waals surface area contributed by atoms with Crippen LogP contribution in [0.1, 0.15) is 46.3 Å². The number of ether oxygens (including phenoxy) is 1. The first-order chi connectivity index (χ1) is 15.7. The maximum absolute atomic E-state index is 13.5. The van der Waals surface area contributed by atoms with E-state index in [2.05, 4.69) is 40.2 Å². The van der Waals surface area contributed by atoms with Crippen LogP contribution in [0.3, 0.4) is 0 Å². The molecular formula is C25H29N5O2. The summed E-state index contributed by atoms with van der Waals surface area (Å²) in [6.45, 7) is 2.47. The van der Waals surface area contributed by atoms with Gasteiger partial charge in [-0.2, -0.15) is 5.10 Å². The molecule has 0 spiro atoms. The molecule has 1 aromatic heterocycles. The zero-order valence-corrected chi connectivity index (χ0v) is 18.5. The second-order valence-electron chi connectivity index (χ2n) is 8.54. The number of amides is 1. The Morgan fingerprint density at radius 2 is 1.97 bits per heavy atom. The fraction of sp³-hybridized carbons (Fsp3) is 0.360. The van der Waals surface area contributed by atoms with Gasteiger partial charge in [0, 0.05) is 49.9 Å². The smallest absolute Gasteiger partial charge is 0.254 e. The summed E-state index contributed by atoms with van der Waals surface area (Å²) in [6.07, 6.45) is 3.78. The van der Waals surface area contributed by atoms with Gasteiger partial charge in [-0.15, -0.1) is 0 Å². The molecule has 0 bridgehead atoms. The number of hydrazine groups is 1. The number of methoxy groups -OCH3 is 1. The molecule has 32 heavy (non-hydrogen) atoms. The zero-order chi connectivity index (χ0) is 22.1. The summed E-state index contributed by atoms with van der Waals surface area (Å²) >= 11 is 0. The number of likely N-dealkylation sites (tertiary alicyclic amines) is 1. The van der Waals surface area contributed by atoms with Gasteiger partial charge in [0.2, 0.25) is 0 Å². The van der Waals surface area contributed by atoms with Crippen LogP contribution in [0.15, 0.2) is 54.7 Å². The number of benzene rings is 2. The molecule has 0 saturated carbocycles. The number of carbonyl (C=O) groups is 1. The Morgan fingerprint density at radius 1 is 1.12 bits per heavy atom. The number of carbonyl (C=O) groups excluding carboxylic acids is 1. The van der Waals surface area contributed by atoms with Gasteiger partial charge in [0.05, 0.1) is 18.8 Å². The number of nitrogens with zero attached hydrogens (tertiary/aromatic N) is 3. The summed E-state index contributed by atoms with van der Waals surface area (Å²) < 4.78 is 7.53. The fourth-order valence-corrected chi connectivity index (χ4v) is 4.95. The lowest BCUT2D eigenvalue weighted by atomic mass is 9.97. The molecule has 1 amide bonds. The molecule has 2 aliphatic rings.